The molecule has 0 fully saturated rings. The fourth-order valence-electron chi connectivity index (χ4n) is 3.44. The van der Waals surface area contributed by atoms with Crippen molar-refractivity contribution in [2.24, 2.45) is 0 Å². The lowest BCUT2D eigenvalue weighted by Crippen LogP contribution is -2.29. The van der Waals surface area contributed by atoms with Gasteiger partial charge in [0.2, 0.25) is 0 Å². The van der Waals surface area contributed by atoms with Crippen molar-refractivity contribution in [3.05, 3.63) is 70.6 Å². The number of fused-ring (bicyclic) bond motifs is 2. The van der Waals surface area contributed by atoms with Crippen LogP contribution in [0.1, 0.15) is 40.1 Å². The summed E-state index contributed by atoms with van der Waals surface area (Å²) in [6.07, 6.45) is 4.06. The van der Waals surface area contributed by atoms with Gasteiger partial charge in [-0.3, -0.25) is 9.59 Å². The van der Waals surface area contributed by atoms with E-state index in [0.717, 1.165) is 21.8 Å². The van der Waals surface area contributed by atoms with Gasteiger partial charge in [-0.1, -0.05) is 30.3 Å². The molecular weight excluding hydrogens is 372 g/mol. The van der Waals surface area contributed by atoms with Gasteiger partial charge in [0.15, 0.2) is 5.13 Å². The molecular formula is C22H16N2O3S. The average Bonchev–Trinajstić information content (AvgIpc) is 3.24. The van der Waals surface area contributed by atoms with E-state index < -0.39 is 5.60 Å². The Balaban J connectivity index is 1.55. The molecule has 5 rings (SSSR count). The molecule has 0 spiro atoms. The van der Waals surface area contributed by atoms with Crippen molar-refractivity contribution in [1.29, 1.82) is 0 Å². The summed E-state index contributed by atoms with van der Waals surface area (Å²) >= 11 is 1.27. The van der Waals surface area contributed by atoms with E-state index in [0.29, 0.717) is 22.0 Å². The molecule has 2 aromatic carbocycles. The molecule has 0 unspecified atom stereocenters. The molecule has 2 amide bonds. The highest BCUT2D eigenvalue weighted by Crippen LogP contribution is 2.41. The molecule has 2 aliphatic rings. The number of rotatable bonds is 2. The highest BCUT2D eigenvalue weighted by atomic mass is 32.1. The van der Waals surface area contributed by atoms with E-state index in [1.54, 1.807) is 24.3 Å². The molecule has 0 bridgehead atoms. The number of hydrogen-bond donors (Lipinski definition) is 0. The van der Waals surface area contributed by atoms with Gasteiger partial charge in [0.1, 0.15) is 11.4 Å². The quantitative estimate of drug-likeness (QED) is 0.592. The maximum absolute atomic E-state index is 12.7. The van der Waals surface area contributed by atoms with Crippen molar-refractivity contribution < 1.29 is 14.3 Å². The lowest BCUT2D eigenvalue weighted by atomic mass is 9.99. The van der Waals surface area contributed by atoms with Crippen LogP contribution in [0.15, 0.2) is 53.9 Å². The zero-order valence-corrected chi connectivity index (χ0v) is 16.1. The van der Waals surface area contributed by atoms with Gasteiger partial charge in [-0.15, -0.1) is 11.3 Å². The molecule has 2 aliphatic heterocycles. The summed E-state index contributed by atoms with van der Waals surface area (Å²) in [6, 6.07) is 12.7. The van der Waals surface area contributed by atoms with E-state index in [1.165, 1.54) is 11.3 Å². The third-order valence-electron chi connectivity index (χ3n) is 4.83. The zero-order chi connectivity index (χ0) is 19.5. The van der Waals surface area contributed by atoms with Crippen LogP contribution in [0.5, 0.6) is 5.75 Å². The number of hydrogen-bond acceptors (Lipinski definition) is 5. The van der Waals surface area contributed by atoms with Crippen molar-refractivity contribution in [3.8, 4) is 17.0 Å². The monoisotopic (exact) mass is 388 g/mol. The number of ether oxygens (including phenoxy) is 1. The summed E-state index contributed by atoms with van der Waals surface area (Å²) in [4.78, 5) is 31.2. The first-order valence-corrected chi connectivity index (χ1v) is 9.77. The second kappa shape index (κ2) is 5.87. The molecule has 5 nitrogen and oxygen atoms in total. The lowest BCUT2D eigenvalue weighted by molar-refractivity contribution is 0.0926. The number of benzene rings is 2. The van der Waals surface area contributed by atoms with Crippen LogP contribution < -0.4 is 9.64 Å². The fourth-order valence-corrected chi connectivity index (χ4v) is 4.26. The van der Waals surface area contributed by atoms with Crippen LogP contribution in [-0.2, 0) is 0 Å². The Hall–Kier alpha value is -3.25. The van der Waals surface area contributed by atoms with Crippen molar-refractivity contribution >= 4 is 34.4 Å². The predicted molar refractivity (Wildman–Crippen MR) is 109 cm³/mol. The molecule has 3 aromatic rings. The van der Waals surface area contributed by atoms with Gasteiger partial charge in [0, 0.05) is 16.5 Å². The minimum atomic E-state index is -0.412. The maximum atomic E-state index is 12.7. The highest BCUT2D eigenvalue weighted by molar-refractivity contribution is 7.14. The van der Waals surface area contributed by atoms with Crippen molar-refractivity contribution in [1.82, 2.24) is 4.98 Å². The Bertz CT molecular complexity index is 1140. The Morgan fingerprint density at radius 1 is 0.964 bits per heavy atom. The topological polar surface area (TPSA) is 59.5 Å². The van der Waals surface area contributed by atoms with Crippen LogP contribution in [0, 0.1) is 0 Å². The molecule has 6 heteroatoms. The van der Waals surface area contributed by atoms with Crippen molar-refractivity contribution in [3.63, 3.8) is 0 Å². The minimum Gasteiger partial charge on any atom is -0.482 e. The van der Waals surface area contributed by atoms with Gasteiger partial charge < -0.3 is 4.74 Å². The van der Waals surface area contributed by atoms with E-state index in [2.05, 4.69) is 4.98 Å². The van der Waals surface area contributed by atoms with Gasteiger partial charge in [0.25, 0.3) is 11.8 Å². The van der Waals surface area contributed by atoms with Crippen LogP contribution in [0.25, 0.3) is 17.3 Å². The number of carbonyl (C=O) groups excluding carboxylic acids is 2. The van der Waals surface area contributed by atoms with Gasteiger partial charge in [0.05, 0.1) is 16.8 Å². The van der Waals surface area contributed by atoms with Crippen LogP contribution in [0.3, 0.4) is 0 Å². The predicted octanol–water partition coefficient (Wildman–Crippen LogP) is 4.79. The largest absolute Gasteiger partial charge is 0.482 e. The number of carbonyl (C=O) groups is 2. The van der Waals surface area contributed by atoms with Crippen LogP contribution in [-0.4, -0.2) is 22.4 Å². The number of thiazole rings is 1. The van der Waals surface area contributed by atoms with Crippen LogP contribution in [0.2, 0.25) is 0 Å². The van der Waals surface area contributed by atoms with E-state index >= 15 is 0 Å². The number of aromatic nitrogens is 1. The van der Waals surface area contributed by atoms with Gasteiger partial charge in [-0.25, -0.2) is 9.88 Å². The summed E-state index contributed by atoms with van der Waals surface area (Å²) in [5, 5.41) is 2.22. The first-order chi connectivity index (χ1) is 13.4. The number of para-hydroxylation sites is 1. The summed E-state index contributed by atoms with van der Waals surface area (Å²) in [6.45, 7) is 3.99. The SMILES string of the molecule is CC1(C)C=Cc2cccc(-c3csc(N4C(=O)c5ccccc5C4=O)n3)c2O1. The molecule has 0 N–H and O–H groups in total. The smallest absolute Gasteiger partial charge is 0.268 e. The average molecular weight is 388 g/mol. The first kappa shape index (κ1) is 16.9. The zero-order valence-electron chi connectivity index (χ0n) is 15.3. The van der Waals surface area contributed by atoms with E-state index in [-0.39, 0.29) is 11.8 Å². The molecule has 0 radical (unpaired) electrons. The Morgan fingerprint density at radius 3 is 2.36 bits per heavy atom. The lowest BCUT2D eigenvalue weighted by Gasteiger charge is -2.29. The summed E-state index contributed by atoms with van der Waals surface area (Å²) in [5.74, 6) is 0.0861. The van der Waals surface area contributed by atoms with Gasteiger partial charge >= 0.3 is 0 Å². The number of nitrogens with zero attached hydrogens (tertiary/aromatic N) is 2. The maximum Gasteiger partial charge on any atom is 0.268 e. The molecule has 1 aromatic heterocycles. The molecule has 138 valence electrons. The second-order valence-corrected chi connectivity index (χ2v) is 8.11. The number of anilines is 1. The van der Waals surface area contributed by atoms with Gasteiger partial charge in [-0.05, 0) is 38.1 Å². The Morgan fingerprint density at radius 2 is 1.64 bits per heavy atom. The second-order valence-electron chi connectivity index (χ2n) is 7.27. The highest BCUT2D eigenvalue weighted by Gasteiger charge is 2.38. The molecule has 28 heavy (non-hydrogen) atoms. The molecule has 3 heterocycles. The van der Waals surface area contributed by atoms with Crippen LogP contribution in [0.4, 0.5) is 5.13 Å². The van der Waals surface area contributed by atoms with Crippen LogP contribution >= 0.6 is 11.3 Å². The third kappa shape index (κ3) is 2.49. The summed E-state index contributed by atoms with van der Waals surface area (Å²) in [5.41, 5.74) is 2.92. The Kier molecular flexibility index (Phi) is 3.54. The van der Waals surface area contributed by atoms with E-state index in [9.17, 15) is 9.59 Å². The van der Waals surface area contributed by atoms with E-state index in [4.69, 9.17) is 4.74 Å². The number of amides is 2. The fraction of sp³-hybridized carbons (Fsp3) is 0.136. The molecule has 0 saturated heterocycles. The van der Waals surface area contributed by atoms with Crippen molar-refractivity contribution in [2.45, 2.75) is 19.4 Å². The normalized spacial score (nSPS) is 16.7. The molecule has 0 atom stereocenters. The van der Waals surface area contributed by atoms with Crippen molar-refractivity contribution in [2.75, 3.05) is 4.90 Å². The van der Waals surface area contributed by atoms with Gasteiger partial charge in [-0.2, -0.15) is 0 Å². The minimum absolute atomic E-state index is 0.336. The molecule has 0 saturated carbocycles. The summed E-state index contributed by atoms with van der Waals surface area (Å²) in [7, 11) is 0. The Labute approximate surface area is 165 Å². The number of imide groups is 1. The summed E-state index contributed by atoms with van der Waals surface area (Å²) < 4.78 is 6.16. The standard InChI is InChI=1S/C22H16N2O3S/c1-22(2)11-10-13-6-5-9-16(18(13)27-22)17-12-28-21(23-17)24-19(25)14-7-3-4-8-15(14)20(24)26/h3-12H,1-2H3. The van der Waals surface area contributed by atoms with E-state index in [1.807, 2.05) is 49.6 Å². The first-order valence-electron chi connectivity index (χ1n) is 8.90. The third-order valence-corrected chi connectivity index (χ3v) is 5.65. The molecule has 0 aliphatic carbocycles.